The van der Waals surface area contributed by atoms with Crippen molar-refractivity contribution in [2.75, 3.05) is 25.2 Å². The third-order valence-electron chi connectivity index (χ3n) is 4.77. The maximum absolute atomic E-state index is 12.6. The number of rotatable bonds is 6. The van der Waals surface area contributed by atoms with Gasteiger partial charge in [0.25, 0.3) is 5.91 Å². The first-order valence-corrected chi connectivity index (χ1v) is 9.87. The zero-order valence-electron chi connectivity index (χ0n) is 16.0. The molecule has 28 heavy (non-hydrogen) atoms. The van der Waals surface area contributed by atoms with Crippen LogP contribution in [0.5, 0.6) is 5.75 Å². The monoisotopic (exact) mass is 399 g/mol. The van der Waals surface area contributed by atoms with Gasteiger partial charge in [-0.3, -0.25) is 4.79 Å². The second-order valence-corrected chi connectivity index (χ2v) is 7.57. The average Bonchev–Trinajstić information content (AvgIpc) is 3.29. The van der Waals surface area contributed by atoms with E-state index in [0.717, 1.165) is 45.4 Å². The largest absolute Gasteiger partial charge is 0.482 e. The summed E-state index contributed by atoms with van der Waals surface area (Å²) in [4.78, 5) is 19.0. The van der Waals surface area contributed by atoms with E-state index in [4.69, 9.17) is 14.0 Å². The lowest BCUT2D eigenvalue weighted by atomic mass is 10.1. The molecule has 1 aliphatic rings. The highest BCUT2D eigenvalue weighted by Crippen LogP contribution is 2.37. The summed E-state index contributed by atoms with van der Waals surface area (Å²) in [6, 6.07) is 5.82. The molecule has 7 nitrogen and oxygen atoms in total. The number of carbonyl (C=O) groups is 1. The Bertz CT molecular complexity index is 991. The van der Waals surface area contributed by atoms with E-state index in [9.17, 15) is 4.79 Å². The standard InChI is InChI=1S/C20H21N3O4S/c1-12-15(13(2)27-22-12)9-23-17-8-14(4-5-18(17)26-10-20(23)24)16-11-28-19(21-16)6-7-25-3/h4-5,8,11H,6-7,9-10H2,1-3H3. The predicted octanol–water partition coefficient (Wildman–Crippen LogP) is 3.53. The van der Waals surface area contributed by atoms with Crippen LogP contribution in [-0.4, -0.2) is 36.4 Å². The minimum Gasteiger partial charge on any atom is -0.482 e. The quantitative estimate of drug-likeness (QED) is 0.631. The molecule has 1 aromatic carbocycles. The van der Waals surface area contributed by atoms with Crippen molar-refractivity contribution in [3.8, 4) is 17.0 Å². The Morgan fingerprint density at radius 2 is 2.18 bits per heavy atom. The number of aromatic nitrogens is 2. The van der Waals surface area contributed by atoms with Crippen LogP contribution < -0.4 is 9.64 Å². The van der Waals surface area contributed by atoms with E-state index in [0.29, 0.717) is 18.9 Å². The molecule has 0 bridgehead atoms. The van der Waals surface area contributed by atoms with E-state index in [1.165, 1.54) is 0 Å². The molecule has 0 unspecified atom stereocenters. The van der Waals surface area contributed by atoms with Gasteiger partial charge in [0.1, 0.15) is 11.5 Å². The molecule has 146 valence electrons. The third kappa shape index (κ3) is 3.53. The lowest BCUT2D eigenvalue weighted by Crippen LogP contribution is -2.38. The Hall–Kier alpha value is -2.71. The van der Waals surface area contributed by atoms with Gasteiger partial charge in [-0.25, -0.2) is 4.98 Å². The molecule has 0 atom stereocenters. The normalized spacial score (nSPS) is 13.5. The van der Waals surface area contributed by atoms with Crippen LogP contribution in [0.25, 0.3) is 11.3 Å². The molecule has 1 amide bonds. The zero-order valence-corrected chi connectivity index (χ0v) is 16.8. The van der Waals surface area contributed by atoms with Crippen molar-refractivity contribution < 1.29 is 18.8 Å². The smallest absolute Gasteiger partial charge is 0.265 e. The molecule has 2 aromatic heterocycles. The first kappa shape index (κ1) is 18.6. The number of benzene rings is 1. The third-order valence-corrected chi connectivity index (χ3v) is 5.68. The first-order valence-electron chi connectivity index (χ1n) is 8.99. The van der Waals surface area contributed by atoms with Crippen molar-refractivity contribution in [3.05, 3.63) is 45.6 Å². The van der Waals surface area contributed by atoms with E-state index in [-0.39, 0.29) is 12.5 Å². The summed E-state index contributed by atoms with van der Waals surface area (Å²) in [5, 5.41) is 7.04. The number of ether oxygens (including phenoxy) is 2. The summed E-state index contributed by atoms with van der Waals surface area (Å²) < 4.78 is 16.0. The van der Waals surface area contributed by atoms with Gasteiger partial charge in [0, 0.05) is 30.0 Å². The van der Waals surface area contributed by atoms with E-state index >= 15 is 0 Å². The van der Waals surface area contributed by atoms with Gasteiger partial charge >= 0.3 is 0 Å². The molecule has 0 spiro atoms. The Labute approximate surface area is 166 Å². The topological polar surface area (TPSA) is 77.7 Å². The molecule has 8 heteroatoms. The first-order chi connectivity index (χ1) is 13.6. The molecule has 0 saturated heterocycles. The number of carbonyl (C=O) groups excluding carboxylic acids is 1. The molecule has 0 N–H and O–H groups in total. The Morgan fingerprint density at radius 3 is 2.93 bits per heavy atom. The molecule has 1 aliphatic heterocycles. The van der Waals surface area contributed by atoms with Crippen LogP contribution in [0, 0.1) is 13.8 Å². The molecule has 4 rings (SSSR count). The van der Waals surface area contributed by atoms with E-state index in [2.05, 4.69) is 10.1 Å². The number of hydrogen-bond acceptors (Lipinski definition) is 7. The van der Waals surface area contributed by atoms with Crippen molar-refractivity contribution in [1.82, 2.24) is 10.1 Å². The van der Waals surface area contributed by atoms with Crippen LogP contribution in [0.4, 0.5) is 5.69 Å². The Kier molecular flexibility index (Phi) is 5.15. The van der Waals surface area contributed by atoms with Crippen LogP contribution in [0.2, 0.25) is 0 Å². The van der Waals surface area contributed by atoms with Gasteiger partial charge in [-0.1, -0.05) is 5.16 Å². The SMILES string of the molecule is COCCc1nc(-c2ccc3c(c2)N(Cc2c(C)noc2C)C(=O)CO3)cs1. The van der Waals surface area contributed by atoms with E-state index < -0.39 is 0 Å². The summed E-state index contributed by atoms with van der Waals surface area (Å²) in [5.74, 6) is 1.31. The minimum atomic E-state index is -0.0938. The molecular formula is C20H21N3O4S. The predicted molar refractivity (Wildman–Crippen MR) is 106 cm³/mol. The number of aryl methyl sites for hydroxylation is 2. The second kappa shape index (κ2) is 7.73. The van der Waals surface area contributed by atoms with Gasteiger partial charge < -0.3 is 18.9 Å². The number of nitrogens with zero attached hydrogens (tertiary/aromatic N) is 3. The van der Waals surface area contributed by atoms with E-state index in [1.54, 1.807) is 23.3 Å². The van der Waals surface area contributed by atoms with Crippen LogP contribution in [-0.2, 0) is 22.5 Å². The van der Waals surface area contributed by atoms with Crippen LogP contribution in [0.1, 0.15) is 22.0 Å². The number of thiazole rings is 1. The summed E-state index contributed by atoms with van der Waals surface area (Å²) in [7, 11) is 1.68. The number of anilines is 1. The van der Waals surface area contributed by atoms with Gasteiger partial charge in [0.05, 0.1) is 35.2 Å². The molecule has 3 heterocycles. The highest BCUT2D eigenvalue weighted by Gasteiger charge is 2.28. The molecule has 3 aromatic rings. The average molecular weight is 399 g/mol. The summed E-state index contributed by atoms with van der Waals surface area (Å²) in [5.41, 5.74) is 4.27. The van der Waals surface area contributed by atoms with E-state index in [1.807, 2.05) is 37.4 Å². The number of hydrogen-bond donors (Lipinski definition) is 0. The number of methoxy groups -OCH3 is 1. The van der Waals surface area contributed by atoms with Crippen LogP contribution in [0.3, 0.4) is 0 Å². The van der Waals surface area contributed by atoms with Crippen molar-refractivity contribution >= 4 is 22.9 Å². The maximum Gasteiger partial charge on any atom is 0.265 e. The fraction of sp³-hybridized carbons (Fsp3) is 0.350. The maximum atomic E-state index is 12.6. The Balaban J connectivity index is 1.67. The number of fused-ring (bicyclic) bond motifs is 1. The highest BCUT2D eigenvalue weighted by atomic mass is 32.1. The van der Waals surface area contributed by atoms with Crippen LogP contribution >= 0.6 is 11.3 Å². The summed E-state index contributed by atoms with van der Waals surface area (Å²) >= 11 is 1.61. The minimum absolute atomic E-state index is 0.0214. The van der Waals surface area contributed by atoms with Crippen molar-refractivity contribution in [2.45, 2.75) is 26.8 Å². The second-order valence-electron chi connectivity index (χ2n) is 6.62. The zero-order chi connectivity index (χ0) is 19.7. The molecule has 0 fully saturated rings. The van der Waals surface area contributed by atoms with Crippen LogP contribution in [0.15, 0.2) is 28.1 Å². The van der Waals surface area contributed by atoms with Crippen molar-refractivity contribution in [3.63, 3.8) is 0 Å². The molecule has 0 radical (unpaired) electrons. The van der Waals surface area contributed by atoms with Gasteiger partial charge in [0.15, 0.2) is 6.61 Å². The van der Waals surface area contributed by atoms with Crippen molar-refractivity contribution in [1.29, 1.82) is 0 Å². The summed E-state index contributed by atoms with van der Waals surface area (Å²) in [6.45, 7) is 4.80. The fourth-order valence-electron chi connectivity index (χ4n) is 3.17. The van der Waals surface area contributed by atoms with Crippen molar-refractivity contribution in [2.24, 2.45) is 0 Å². The van der Waals surface area contributed by atoms with Gasteiger partial charge in [-0.15, -0.1) is 11.3 Å². The molecular weight excluding hydrogens is 378 g/mol. The highest BCUT2D eigenvalue weighted by molar-refractivity contribution is 7.09. The molecule has 0 aliphatic carbocycles. The Morgan fingerprint density at radius 1 is 1.32 bits per heavy atom. The van der Waals surface area contributed by atoms with Gasteiger partial charge in [0.2, 0.25) is 0 Å². The summed E-state index contributed by atoms with van der Waals surface area (Å²) in [6.07, 6.45) is 0.784. The fourth-order valence-corrected chi connectivity index (χ4v) is 3.96. The lowest BCUT2D eigenvalue weighted by Gasteiger charge is -2.29. The molecule has 0 saturated carbocycles. The lowest BCUT2D eigenvalue weighted by molar-refractivity contribution is -0.121. The van der Waals surface area contributed by atoms with Gasteiger partial charge in [-0.05, 0) is 32.0 Å². The van der Waals surface area contributed by atoms with Gasteiger partial charge in [-0.2, -0.15) is 0 Å². The number of amides is 1.